The Bertz CT molecular complexity index is 467. The van der Waals surface area contributed by atoms with Crippen LogP contribution >= 0.6 is 0 Å². The molecule has 112 valence electrons. The van der Waals surface area contributed by atoms with Crippen LogP contribution in [0.3, 0.4) is 0 Å². The Labute approximate surface area is 120 Å². The van der Waals surface area contributed by atoms with Gasteiger partial charge in [-0.15, -0.1) is 0 Å². The lowest BCUT2D eigenvalue weighted by molar-refractivity contribution is -0.119. The Kier molecular flexibility index (Phi) is 5.39. The highest BCUT2D eigenvalue weighted by molar-refractivity contribution is 5.95. The van der Waals surface area contributed by atoms with Gasteiger partial charge in [0.1, 0.15) is 0 Å². The number of nitrogens with one attached hydrogen (secondary N) is 1. The third-order valence-electron chi connectivity index (χ3n) is 2.95. The Morgan fingerprint density at radius 1 is 1.35 bits per heavy atom. The van der Waals surface area contributed by atoms with E-state index in [0.717, 1.165) is 0 Å². The van der Waals surface area contributed by atoms with Crippen LogP contribution in [-0.4, -0.2) is 25.7 Å². The molecular weight excluding hydrogens is 256 g/mol. The van der Waals surface area contributed by atoms with E-state index in [1.807, 2.05) is 27.7 Å². The summed E-state index contributed by atoms with van der Waals surface area (Å²) < 4.78 is 10.7. The molecule has 0 aliphatic carbocycles. The minimum atomic E-state index is -0.583. The molecule has 0 spiro atoms. The van der Waals surface area contributed by atoms with Gasteiger partial charge in [-0.25, -0.2) is 0 Å². The summed E-state index contributed by atoms with van der Waals surface area (Å²) in [5, 5.41) is 2.79. The molecule has 5 heteroatoms. The normalized spacial score (nSPS) is 12.7. The summed E-state index contributed by atoms with van der Waals surface area (Å²) >= 11 is 0. The van der Waals surface area contributed by atoms with E-state index in [0.29, 0.717) is 23.8 Å². The molecule has 0 radical (unpaired) electrons. The van der Waals surface area contributed by atoms with Crippen molar-refractivity contribution in [1.82, 2.24) is 0 Å². The van der Waals surface area contributed by atoms with E-state index in [1.165, 1.54) is 0 Å². The zero-order chi connectivity index (χ0) is 15.3. The molecule has 0 aliphatic rings. The second-order valence-corrected chi connectivity index (χ2v) is 5.63. The fourth-order valence-corrected chi connectivity index (χ4v) is 1.63. The first kappa shape index (κ1) is 16.3. The van der Waals surface area contributed by atoms with E-state index >= 15 is 0 Å². The van der Waals surface area contributed by atoms with Crippen LogP contribution in [-0.2, 0) is 4.79 Å². The monoisotopic (exact) mass is 280 g/mol. The van der Waals surface area contributed by atoms with Gasteiger partial charge in [-0.05, 0) is 24.5 Å². The van der Waals surface area contributed by atoms with Gasteiger partial charge < -0.3 is 20.5 Å². The van der Waals surface area contributed by atoms with Crippen molar-refractivity contribution in [2.75, 3.05) is 19.0 Å². The quantitative estimate of drug-likeness (QED) is 0.868. The number of hydrogen-bond acceptors (Lipinski definition) is 4. The van der Waals surface area contributed by atoms with Crippen molar-refractivity contribution < 1.29 is 14.3 Å². The third kappa shape index (κ3) is 4.13. The molecule has 0 heterocycles. The van der Waals surface area contributed by atoms with Gasteiger partial charge >= 0.3 is 0 Å². The molecule has 1 atom stereocenters. The van der Waals surface area contributed by atoms with Crippen molar-refractivity contribution in [3.8, 4) is 11.5 Å². The maximum Gasteiger partial charge on any atom is 0.241 e. The minimum Gasteiger partial charge on any atom is -0.493 e. The van der Waals surface area contributed by atoms with E-state index in [1.54, 1.807) is 25.3 Å². The number of carbonyl (C=O) groups excluding carboxylic acids is 1. The van der Waals surface area contributed by atoms with Crippen LogP contribution in [0.5, 0.6) is 11.5 Å². The lowest BCUT2D eigenvalue weighted by Gasteiger charge is -2.25. The number of benzene rings is 1. The van der Waals surface area contributed by atoms with Crippen molar-refractivity contribution >= 4 is 11.6 Å². The number of rotatable bonds is 5. The second-order valence-electron chi connectivity index (χ2n) is 5.63. The first-order valence-electron chi connectivity index (χ1n) is 6.67. The zero-order valence-electron chi connectivity index (χ0n) is 12.8. The van der Waals surface area contributed by atoms with Gasteiger partial charge in [-0.3, -0.25) is 4.79 Å². The largest absolute Gasteiger partial charge is 0.493 e. The van der Waals surface area contributed by atoms with Gasteiger partial charge in [-0.1, -0.05) is 20.8 Å². The summed E-state index contributed by atoms with van der Waals surface area (Å²) in [6.45, 7) is 8.23. The lowest BCUT2D eigenvalue weighted by Crippen LogP contribution is -2.45. The highest BCUT2D eigenvalue weighted by Gasteiger charge is 2.27. The van der Waals surface area contributed by atoms with E-state index in [-0.39, 0.29) is 11.3 Å². The van der Waals surface area contributed by atoms with Gasteiger partial charge in [0.15, 0.2) is 11.5 Å². The molecule has 0 saturated carbocycles. The average Bonchev–Trinajstić information content (AvgIpc) is 2.38. The summed E-state index contributed by atoms with van der Waals surface area (Å²) in [4.78, 5) is 12.1. The predicted octanol–water partition coefficient (Wildman–Crippen LogP) is 2.41. The van der Waals surface area contributed by atoms with Crippen molar-refractivity contribution in [2.24, 2.45) is 11.1 Å². The molecular formula is C15H24N2O3. The van der Waals surface area contributed by atoms with Crippen LogP contribution in [0, 0.1) is 5.41 Å². The Balaban J connectivity index is 2.86. The summed E-state index contributed by atoms with van der Waals surface area (Å²) in [6.07, 6.45) is 0. The SMILES string of the molecule is CCOc1ccc(NC(=O)[C@@H](N)C(C)(C)C)cc1OC. The van der Waals surface area contributed by atoms with Gasteiger partial charge in [0, 0.05) is 11.8 Å². The molecule has 0 aromatic heterocycles. The number of anilines is 1. The number of methoxy groups -OCH3 is 1. The molecule has 1 aromatic carbocycles. The summed E-state index contributed by atoms with van der Waals surface area (Å²) in [6, 6.07) is 4.67. The molecule has 0 saturated heterocycles. The predicted molar refractivity (Wildman–Crippen MR) is 80.2 cm³/mol. The third-order valence-corrected chi connectivity index (χ3v) is 2.95. The summed E-state index contributed by atoms with van der Waals surface area (Å²) in [5.41, 5.74) is 6.26. The summed E-state index contributed by atoms with van der Waals surface area (Å²) in [7, 11) is 1.56. The van der Waals surface area contributed by atoms with Crippen LogP contribution in [0.4, 0.5) is 5.69 Å². The minimum absolute atomic E-state index is 0.219. The van der Waals surface area contributed by atoms with Crippen molar-refractivity contribution in [1.29, 1.82) is 0 Å². The van der Waals surface area contributed by atoms with Crippen LogP contribution in [0.25, 0.3) is 0 Å². The van der Waals surface area contributed by atoms with E-state index in [4.69, 9.17) is 15.2 Å². The van der Waals surface area contributed by atoms with E-state index in [2.05, 4.69) is 5.32 Å². The van der Waals surface area contributed by atoms with Gasteiger partial charge in [0.05, 0.1) is 19.8 Å². The first-order valence-corrected chi connectivity index (χ1v) is 6.67. The molecule has 1 amide bonds. The highest BCUT2D eigenvalue weighted by Crippen LogP contribution is 2.30. The number of amides is 1. The summed E-state index contributed by atoms with van der Waals surface area (Å²) in [5.74, 6) is 1.01. The average molecular weight is 280 g/mol. The van der Waals surface area contributed by atoms with E-state index < -0.39 is 6.04 Å². The van der Waals surface area contributed by atoms with Crippen molar-refractivity contribution in [3.05, 3.63) is 18.2 Å². The smallest absolute Gasteiger partial charge is 0.241 e. The Morgan fingerprint density at radius 2 is 2.00 bits per heavy atom. The van der Waals surface area contributed by atoms with Crippen molar-refractivity contribution in [2.45, 2.75) is 33.7 Å². The second kappa shape index (κ2) is 6.61. The highest BCUT2D eigenvalue weighted by atomic mass is 16.5. The number of carbonyl (C=O) groups is 1. The molecule has 1 aromatic rings. The lowest BCUT2D eigenvalue weighted by atomic mass is 9.87. The standard InChI is InChI=1S/C15H24N2O3/c1-6-20-11-8-7-10(9-12(11)19-5)17-14(18)13(16)15(2,3)4/h7-9,13H,6,16H2,1-5H3,(H,17,18)/t13-/m1/s1. The van der Waals surface area contributed by atoms with Crippen LogP contribution in [0.1, 0.15) is 27.7 Å². The molecule has 5 nitrogen and oxygen atoms in total. The Hall–Kier alpha value is -1.75. The molecule has 0 bridgehead atoms. The number of nitrogens with two attached hydrogens (primary N) is 1. The maximum atomic E-state index is 12.1. The molecule has 0 unspecified atom stereocenters. The molecule has 1 rings (SSSR count). The molecule has 3 N–H and O–H groups in total. The van der Waals surface area contributed by atoms with Crippen LogP contribution in [0.2, 0.25) is 0 Å². The topological polar surface area (TPSA) is 73.6 Å². The Morgan fingerprint density at radius 3 is 2.50 bits per heavy atom. The number of hydrogen-bond donors (Lipinski definition) is 2. The fraction of sp³-hybridized carbons (Fsp3) is 0.533. The van der Waals surface area contributed by atoms with Crippen molar-refractivity contribution in [3.63, 3.8) is 0 Å². The molecule has 0 fully saturated rings. The molecule has 20 heavy (non-hydrogen) atoms. The van der Waals surface area contributed by atoms with Crippen LogP contribution < -0.4 is 20.5 Å². The van der Waals surface area contributed by atoms with E-state index in [9.17, 15) is 4.79 Å². The zero-order valence-corrected chi connectivity index (χ0v) is 12.8. The van der Waals surface area contributed by atoms with Gasteiger partial charge in [0.2, 0.25) is 5.91 Å². The van der Waals surface area contributed by atoms with Gasteiger partial charge in [0.25, 0.3) is 0 Å². The first-order chi connectivity index (χ1) is 9.29. The fourth-order valence-electron chi connectivity index (χ4n) is 1.63. The molecule has 0 aliphatic heterocycles. The maximum absolute atomic E-state index is 12.1. The van der Waals surface area contributed by atoms with Gasteiger partial charge in [-0.2, -0.15) is 0 Å². The number of ether oxygens (including phenoxy) is 2. The van der Waals surface area contributed by atoms with Crippen LogP contribution in [0.15, 0.2) is 18.2 Å².